The first-order valence-electron chi connectivity index (χ1n) is 9.85. The molecule has 1 N–H and O–H groups in total. The number of benzene rings is 1. The molecule has 0 saturated heterocycles. The van der Waals surface area contributed by atoms with E-state index in [9.17, 15) is 0 Å². The van der Waals surface area contributed by atoms with Gasteiger partial charge in [-0.25, -0.2) is 0 Å². The van der Waals surface area contributed by atoms with Crippen molar-refractivity contribution in [1.29, 1.82) is 0 Å². The summed E-state index contributed by atoms with van der Waals surface area (Å²) < 4.78 is 17.5. The third-order valence-corrected chi connectivity index (χ3v) is 6.55. The molecule has 150 valence electrons. The van der Waals surface area contributed by atoms with Crippen LogP contribution in [-0.2, 0) is 13.3 Å². The van der Waals surface area contributed by atoms with E-state index in [1.165, 1.54) is 0 Å². The molecular weight excluding hydrogens is 344 g/mol. The minimum absolute atomic E-state index is 0.625. The van der Waals surface area contributed by atoms with Crippen LogP contribution in [0.3, 0.4) is 0 Å². The van der Waals surface area contributed by atoms with Crippen LogP contribution in [0, 0.1) is 0 Å². The number of rotatable bonds is 13. The molecule has 0 aliphatic rings. The van der Waals surface area contributed by atoms with Crippen molar-refractivity contribution in [3.63, 3.8) is 0 Å². The molecule has 26 heavy (non-hydrogen) atoms. The first-order valence-corrected chi connectivity index (χ1v) is 11.8. The van der Waals surface area contributed by atoms with Crippen LogP contribution in [0.15, 0.2) is 35.3 Å². The summed E-state index contributed by atoms with van der Waals surface area (Å²) in [5.74, 6) is 0. The van der Waals surface area contributed by atoms with Crippen molar-refractivity contribution in [1.82, 2.24) is 5.32 Å². The van der Waals surface area contributed by atoms with Gasteiger partial charge >= 0.3 is 8.80 Å². The Hall–Kier alpha value is -1.05. The highest BCUT2D eigenvalue weighted by Crippen LogP contribution is 2.18. The van der Waals surface area contributed by atoms with Crippen LogP contribution >= 0.6 is 0 Å². The van der Waals surface area contributed by atoms with Gasteiger partial charge in [-0.1, -0.05) is 44.2 Å². The van der Waals surface area contributed by atoms with E-state index in [4.69, 9.17) is 13.3 Å². The standard InChI is InChI=1S/C16H27NO3Si.C4H11N/c1-4-18-21(19-5-2,20-6-3)14-10-13-17-15-16-11-8-7-9-12-16;1-3-5-4-2/h7-9,11-12,15H,4-6,10,13-14H2,1-3H3;5H,3-4H2,1-2H3. The topological polar surface area (TPSA) is 52.1 Å². The third kappa shape index (κ3) is 12.3. The quantitative estimate of drug-likeness (QED) is 0.316. The maximum atomic E-state index is 5.82. The first kappa shape index (κ1) is 24.9. The molecule has 0 aliphatic carbocycles. The maximum Gasteiger partial charge on any atom is 0.500 e. The molecule has 0 saturated carbocycles. The van der Waals surface area contributed by atoms with E-state index in [0.29, 0.717) is 19.8 Å². The molecule has 1 rings (SSSR count). The highest BCUT2D eigenvalue weighted by atomic mass is 28.4. The van der Waals surface area contributed by atoms with Crippen molar-refractivity contribution in [2.24, 2.45) is 4.99 Å². The Morgan fingerprint density at radius 3 is 1.85 bits per heavy atom. The molecule has 1 aromatic carbocycles. The number of nitrogens with one attached hydrogen (secondary N) is 1. The van der Waals surface area contributed by atoms with E-state index >= 15 is 0 Å². The fraction of sp³-hybridized carbons (Fsp3) is 0.650. The maximum absolute atomic E-state index is 5.82. The Kier molecular flexibility index (Phi) is 16.7. The molecule has 0 bridgehead atoms. The molecule has 0 amide bonds. The van der Waals surface area contributed by atoms with E-state index in [2.05, 4.69) is 24.2 Å². The summed E-state index contributed by atoms with van der Waals surface area (Å²) in [5, 5.41) is 3.11. The van der Waals surface area contributed by atoms with Gasteiger partial charge < -0.3 is 18.6 Å². The minimum Gasteiger partial charge on any atom is -0.374 e. The smallest absolute Gasteiger partial charge is 0.374 e. The van der Waals surface area contributed by atoms with Crippen LogP contribution in [0.5, 0.6) is 0 Å². The number of nitrogens with zero attached hydrogens (tertiary/aromatic N) is 1. The third-order valence-electron chi connectivity index (χ3n) is 3.40. The Labute approximate surface area is 161 Å². The molecule has 5 nitrogen and oxygen atoms in total. The summed E-state index contributed by atoms with van der Waals surface area (Å²) in [6.07, 6.45) is 2.82. The zero-order valence-electron chi connectivity index (χ0n) is 17.3. The van der Waals surface area contributed by atoms with Gasteiger partial charge in [0.05, 0.1) is 0 Å². The van der Waals surface area contributed by atoms with E-state index in [0.717, 1.165) is 37.7 Å². The highest BCUT2D eigenvalue weighted by molar-refractivity contribution is 6.60. The van der Waals surface area contributed by atoms with Gasteiger partial charge in [-0.3, -0.25) is 4.99 Å². The lowest BCUT2D eigenvalue weighted by Gasteiger charge is -2.28. The second-order valence-corrected chi connectivity index (χ2v) is 8.22. The van der Waals surface area contributed by atoms with Gasteiger partial charge in [-0.15, -0.1) is 0 Å². The summed E-state index contributed by atoms with van der Waals surface area (Å²) in [6, 6.07) is 10.9. The highest BCUT2D eigenvalue weighted by Gasteiger charge is 2.39. The van der Waals surface area contributed by atoms with Crippen molar-refractivity contribution in [3.05, 3.63) is 35.9 Å². The van der Waals surface area contributed by atoms with Gasteiger partial charge in [0, 0.05) is 38.6 Å². The van der Waals surface area contributed by atoms with Gasteiger partial charge in [-0.05, 0) is 45.8 Å². The van der Waals surface area contributed by atoms with Gasteiger partial charge in [-0.2, -0.15) is 0 Å². The van der Waals surface area contributed by atoms with Crippen LogP contribution in [0.25, 0.3) is 0 Å². The van der Waals surface area contributed by atoms with E-state index in [1.54, 1.807) is 0 Å². The lowest BCUT2D eigenvalue weighted by Crippen LogP contribution is -2.46. The monoisotopic (exact) mass is 382 g/mol. The number of hydrogen-bond donors (Lipinski definition) is 1. The number of hydrogen-bond acceptors (Lipinski definition) is 5. The average Bonchev–Trinajstić information content (AvgIpc) is 2.64. The Morgan fingerprint density at radius 2 is 1.42 bits per heavy atom. The Morgan fingerprint density at radius 1 is 0.885 bits per heavy atom. The largest absolute Gasteiger partial charge is 0.500 e. The predicted molar refractivity (Wildman–Crippen MR) is 113 cm³/mol. The van der Waals surface area contributed by atoms with Crippen LogP contribution < -0.4 is 5.32 Å². The van der Waals surface area contributed by atoms with Gasteiger partial charge in [0.15, 0.2) is 0 Å². The normalized spacial score (nSPS) is 11.4. The summed E-state index contributed by atoms with van der Waals surface area (Å²) >= 11 is 0. The fourth-order valence-electron chi connectivity index (χ4n) is 2.35. The Balaban J connectivity index is 0.00000110. The van der Waals surface area contributed by atoms with Gasteiger partial charge in [0.25, 0.3) is 0 Å². The summed E-state index contributed by atoms with van der Waals surface area (Å²) in [5.41, 5.74) is 1.13. The molecule has 1 aromatic rings. The van der Waals surface area contributed by atoms with Crippen molar-refractivity contribution >= 4 is 15.0 Å². The minimum atomic E-state index is -2.50. The lowest BCUT2D eigenvalue weighted by atomic mass is 10.2. The van der Waals surface area contributed by atoms with Crippen molar-refractivity contribution in [2.45, 2.75) is 47.1 Å². The molecule has 0 aromatic heterocycles. The van der Waals surface area contributed by atoms with Crippen molar-refractivity contribution < 1.29 is 13.3 Å². The summed E-state index contributed by atoms with van der Waals surface area (Å²) in [7, 11) is -2.50. The molecule has 0 fully saturated rings. The average molecular weight is 383 g/mol. The van der Waals surface area contributed by atoms with Crippen LogP contribution in [0.2, 0.25) is 6.04 Å². The van der Waals surface area contributed by atoms with Crippen LogP contribution in [0.4, 0.5) is 0 Å². The summed E-state index contributed by atoms with van der Waals surface area (Å²) in [4.78, 5) is 4.46. The van der Waals surface area contributed by atoms with Crippen molar-refractivity contribution in [2.75, 3.05) is 39.5 Å². The lowest BCUT2D eigenvalue weighted by molar-refractivity contribution is 0.0710. The number of aliphatic imine (C=N–C) groups is 1. The molecule has 0 unspecified atom stereocenters. The molecule has 0 spiro atoms. The van der Waals surface area contributed by atoms with E-state index in [-0.39, 0.29) is 0 Å². The van der Waals surface area contributed by atoms with Crippen molar-refractivity contribution in [3.8, 4) is 0 Å². The van der Waals surface area contributed by atoms with E-state index < -0.39 is 8.80 Å². The molecule has 6 heteroatoms. The van der Waals surface area contributed by atoms with Crippen LogP contribution in [-0.4, -0.2) is 54.5 Å². The SMILES string of the molecule is CCNCC.CCO[Si](CCCN=Cc1ccccc1)(OCC)OCC. The molecule has 0 heterocycles. The molecule has 0 radical (unpaired) electrons. The zero-order chi connectivity index (χ0) is 19.5. The molecule has 0 aliphatic heterocycles. The Bertz CT molecular complexity index is 425. The second-order valence-electron chi connectivity index (χ2n) is 5.49. The molecular formula is C20H38N2O3Si. The zero-order valence-corrected chi connectivity index (χ0v) is 18.3. The second kappa shape index (κ2) is 17.4. The summed E-state index contributed by atoms with van der Waals surface area (Å²) in [6.45, 7) is 15.0. The predicted octanol–water partition coefficient (Wildman–Crippen LogP) is 4.16. The first-order chi connectivity index (χ1) is 12.7. The van der Waals surface area contributed by atoms with Crippen LogP contribution in [0.1, 0.15) is 46.6 Å². The molecule has 0 atom stereocenters. The van der Waals surface area contributed by atoms with Gasteiger partial charge in [0.2, 0.25) is 0 Å². The van der Waals surface area contributed by atoms with E-state index in [1.807, 2.05) is 57.3 Å². The fourth-order valence-corrected chi connectivity index (χ4v) is 4.94. The van der Waals surface area contributed by atoms with Gasteiger partial charge in [0.1, 0.15) is 0 Å².